The van der Waals surface area contributed by atoms with Crippen LogP contribution in [-0.2, 0) is 0 Å². The molecule has 6 heteroatoms. The molecule has 0 aliphatic carbocycles. The molecule has 108 valence electrons. The van der Waals surface area contributed by atoms with Gasteiger partial charge in [0.25, 0.3) is 0 Å². The van der Waals surface area contributed by atoms with Gasteiger partial charge < -0.3 is 10.6 Å². The Labute approximate surface area is 148 Å². The maximum atomic E-state index is 6.09. The quantitative estimate of drug-likeness (QED) is 0.677. The summed E-state index contributed by atoms with van der Waals surface area (Å²) in [5, 5.41) is 0. The third-order valence-corrected chi connectivity index (χ3v) is 5.83. The number of guanidine groups is 1. The molecule has 2 aromatic rings. The molecule has 1 heterocycles. The van der Waals surface area contributed by atoms with Crippen molar-refractivity contribution in [1.29, 1.82) is 0 Å². The zero-order chi connectivity index (χ0) is 15.0. The summed E-state index contributed by atoms with van der Waals surface area (Å²) in [6, 6.07) is 14.5. The zero-order valence-corrected chi connectivity index (χ0v) is 15.7. The van der Waals surface area contributed by atoms with Crippen LogP contribution >= 0.6 is 47.8 Å². The number of halogens is 3. The summed E-state index contributed by atoms with van der Waals surface area (Å²) in [7, 11) is 0. The maximum absolute atomic E-state index is 6.09. The van der Waals surface area contributed by atoms with Gasteiger partial charge in [0.1, 0.15) is 0 Å². The van der Waals surface area contributed by atoms with Crippen LogP contribution in [0.25, 0.3) is 0 Å². The Morgan fingerprint density at radius 1 is 1.00 bits per heavy atom. The van der Waals surface area contributed by atoms with Gasteiger partial charge in [-0.25, -0.2) is 0 Å². The van der Waals surface area contributed by atoms with Crippen molar-refractivity contribution in [3.05, 3.63) is 61.4 Å². The Kier molecular flexibility index (Phi) is 4.38. The molecule has 1 aliphatic rings. The SMILES string of the molecule is NC1=NCC(c2ccc(Br)c(Br)c2)N1c1ccc(Br)cc1. The predicted molar refractivity (Wildman–Crippen MR) is 97.7 cm³/mol. The molecule has 2 N–H and O–H groups in total. The van der Waals surface area contributed by atoms with E-state index < -0.39 is 0 Å². The van der Waals surface area contributed by atoms with Crippen molar-refractivity contribution in [2.75, 3.05) is 11.4 Å². The Morgan fingerprint density at radius 2 is 1.71 bits per heavy atom. The van der Waals surface area contributed by atoms with Gasteiger partial charge >= 0.3 is 0 Å². The molecule has 0 radical (unpaired) electrons. The average Bonchev–Trinajstić information content (AvgIpc) is 2.85. The van der Waals surface area contributed by atoms with Crippen LogP contribution in [0.1, 0.15) is 11.6 Å². The second-order valence-corrected chi connectivity index (χ2v) is 7.36. The lowest BCUT2D eigenvalue weighted by atomic mass is 10.1. The molecule has 0 fully saturated rings. The molecule has 0 saturated heterocycles. The highest BCUT2D eigenvalue weighted by atomic mass is 79.9. The number of nitrogens with zero attached hydrogens (tertiary/aromatic N) is 2. The molecule has 1 unspecified atom stereocenters. The maximum Gasteiger partial charge on any atom is 0.196 e. The lowest BCUT2D eigenvalue weighted by molar-refractivity contribution is 0.768. The first kappa shape index (κ1) is 15.1. The molecule has 0 aromatic heterocycles. The second-order valence-electron chi connectivity index (χ2n) is 4.73. The first-order chi connectivity index (χ1) is 10.1. The number of nitrogens with two attached hydrogens (primary N) is 1. The van der Waals surface area contributed by atoms with Gasteiger partial charge in [0, 0.05) is 19.1 Å². The molecule has 0 amide bonds. The Balaban J connectivity index is 1.98. The summed E-state index contributed by atoms with van der Waals surface area (Å²) >= 11 is 10.5. The standard InChI is InChI=1S/C15H12Br3N3/c16-10-2-4-11(5-3-10)21-14(8-20-15(21)19)9-1-6-12(17)13(18)7-9/h1-7,14H,8H2,(H2,19,20). The zero-order valence-electron chi connectivity index (χ0n) is 10.9. The number of benzene rings is 2. The van der Waals surface area contributed by atoms with Gasteiger partial charge in [-0.05, 0) is 73.8 Å². The van der Waals surface area contributed by atoms with Gasteiger partial charge in [0.05, 0.1) is 12.6 Å². The first-order valence-corrected chi connectivity index (χ1v) is 8.74. The molecule has 21 heavy (non-hydrogen) atoms. The molecule has 3 rings (SSSR count). The molecular formula is C15H12Br3N3. The summed E-state index contributed by atoms with van der Waals surface area (Å²) in [5.74, 6) is 0.557. The van der Waals surface area contributed by atoms with Gasteiger partial charge in [0.2, 0.25) is 0 Å². The molecule has 2 aromatic carbocycles. The molecule has 3 nitrogen and oxygen atoms in total. The highest BCUT2D eigenvalue weighted by Crippen LogP contribution is 2.34. The number of anilines is 1. The summed E-state index contributed by atoms with van der Waals surface area (Å²) < 4.78 is 3.11. The van der Waals surface area contributed by atoms with E-state index >= 15 is 0 Å². The summed E-state index contributed by atoms with van der Waals surface area (Å²) in [6.45, 7) is 0.663. The van der Waals surface area contributed by atoms with Crippen molar-refractivity contribution >= 4 is 59.4 Å². The fraction of sp³-hybridized carbons (Fsp3) is 0.133. The van der Waals surface area contributed by atoms with Gasteiger partial charge in [-0.2, -0.15) is 0 Å². The Hall–Kier alpha value is -0.850. The number of hydrogen-bond acceptors (Lipinski definition) is 3. The van der Waals surface area contributed by atoms with Crippen LogP contribution in [-0.4, -0.2) is 12.5 Å². The van der Waals surface area contributed by atoms with Crippen molar-refractivity contribution in [2.45, 2.75) is 6.04 Å². The minimum absolute atomic E-state index is 0.121. The number of hydrogen-bond donors (Lipinski definition) is 1. The van der Waals surface area contributed by atoms with E-state index in [2.05, 4.69) is 69.8 Å². The first-order valence-electron chi connectivity index (χ1n) is 6.36. The van der Waals surface area contributed by atoms with Crippen LogP contribution in [0.3, 0.4) is 0 Å². The average molecular weight is 474 g/mol. The lowest BCUT2D eigenvalue weighted by Crippen LogP contribution is -2.36. The smallest absolute Gasteiger partial charge is 0.196 e. The van der Waals surface area contributed by atoms with E-state index in [0.717, 1.165) is 19.1 Å². The van der Waals surface area contributed by atoms with Gasteiger partial charge in [-0.15, -0.1) is 0 Å². The van der Waals surface area contributed by atoms with Crippen LogP contribution in [0.15, 0.2) is 60.9 Å². The minimum Gasteiger partial charge on any atom is -0.369 e. The molecule has 0 saturated carbocycles. The predicted octanol–water partition coefficient (Wildman–Crippen LogP) is 4.85. The van der Waals surface area contributed by atoms with Crippen LogP contribution in [0.2, 0.25) is 0 Å². The third kappa shape index (κ3) is 3.03. The van der Waals surface area contributed by atoms with E-state index in [1.165, 1.54) is 5.56 Å². The van der Waals surface area contributed by atoms with Crippen molar-refractivity contribution in [3.8, 4) is 0 Å². The van der Waals surface area contributed by atoms with E-state index in [1.54, 1.807) is 0 Å². The van der Waals surface area contributed by atoms with Gasteiger partial charge in [0.15, 0.2) is 5.96 Å². The molecular weight excluding hydrogens is 462 g/mol. The van der Waals surface area contributed by atoms with Crippen LogP contribution in [0.5, 0.6) is 0 Å². The van der Waals surface area contributed by atoms with Crippen molar-refractivity contribution in [1.82, 2.24) is 0 Å². The van der Waals surface area contributed by atoms with Crippen LogP contribution in [0.4, 0.5) is 5.69 Å². The van der Waals surface area contributed by atoms with Crippen LogP contribution in [0, 0.1) is 0 Å². The summed E-state index contributed by atoms with van der Waals surface area (Å²) in [4.78, 5) is 6.48. The topological polar surface area (TPSA) is 41.6 Å². The largest absolute Gasteiger partial charge is 0.369 e. The van der Waals surface area contributed by atoms with E-state index in [1.807, 2.05) is 30.3 Å². The molecule has 1 aliphatic heterocycles. The highest BCUT2D eigenvalue weighted by molar-refractivity contribution is 9.13. The molecule has 0 spiro atoms. The number of rotatable bonds is 2. The van der Waals surface area contributed by atoms with Gasteiger partial charge in [-0.1, -0.05) is 22.0 Å². The second kappa shape index (κ2) is 6.10. The van der Waals surface area contributed by atoms with Crippen molar-refractivity contribution < 1.29 is 0 Å². The van der Waals surface area contributed by atoms with Crippen molar-refractivity contribution in [2.24, 2.45) is 10.7 Å². The van der Waals surface area contributed by atoms with E-state index in [-0.39, 0.29) is 6.04 Å². The third-order valence-electron chi connectivity index (χ3n) is 3.42. The fourth-order valence-electron chi connectivity index (χ4n) is 2.39. The highest BCUT2D eigenvalue weighted by Gasteiger charge is 2.29. The summed E-state index contributed by atoms with van der Waals surface area (Å²) in [6.07, 6.45) is 0. The number of aliphatic imine (C=N–C) groups is 1. The monoisotopic (exact) mass is 471 g/mol. The van der Waals surface area contributed by atoms with Crippen molar-refractivity contribution in [3.63, 3.8) is 0 Å². The fourth-order valence-corrected chi connectivity index (χ4v) is 3.29. The Bertz CT molecular complexity index is 698. The molecule has 0 bridgehead atoms. The van der Waals surface area contributed by atoms with E-state index in [4.69, 9.17) is 5.73 Å². The lowest BCUT2D eigenvalue weighted by Gasteiger charge is -2.27. The normalized spacial score (nSPS) is 18.0. The van der Waals surface area contributed by atoms with E-state index in [9.17, 15) is 0 Å². The minimum atomic E-state index is 0.121. The molecule has 1 atom stereocenters. The Morgan fingerprint density at radius 3 is 2.38 bits per heavy atom. The van der Waals surface area contributed by atoms with Crippen LogP contribution < -0.4 is 10.6 Å². The van der Waals surface area contributed by atoms with E-state index in [0.29, 0.717) is 12.5 Å². The summed E-state index contributed by atoms with van der Waals surface area (Å²) in [5.41, 5.74) is 8.31. The van der Waals surface area contributed by atoms with Gasteiger partial charge in [-0.3, -0.25) is 4.99 Å².